The van der Waals surface area contributed by atoms with Gasteiger partial charge in [0.25, 0.3) is 5.91 Å². The zero-order chi connectivity index (χ0) is 21.4. The lowest BCUT2D eigenvalue weighted by atomic mass is 10.0. The molecule has 3 heteroatoms. The highest BCUT2D eigenvalue weighted by Crippen LogP contribution is 2.17. The second-order valence-electron chi connectivity index (χ2n) is 8.33. The van der Waals surface area contributed by atoms with E-state index in [-0.39, 0.29) is 5.91 Å². The predicted octanol–water partition coefficient (Wildman–Crippen LogP) is 5.68. The van der Waals surface area contributed by atoms with Crippen LogP contribution in [0.5, 0.6) is 0 Å². The van der Waals surface area contributed by atoms with E-state index >= 15 is 0 Å². The Morgan fingerprint density at radius 3 is 1.72 bits per heavy atom. The summed E-state index contributed by atoms with van der Waals surface area (Å²) in [6, 6.07) is 12.7. The van der Waals surface area contributed by atoms with E-state index in [4.69, 9.17) is 0 Å². The van der Waals surface area contributed by atoms with Crippen LogP contribution in [0, 0.1) is 27.7 Å². The zero-order valence-corrected chi connectivity index (χ0v) is 19.2. The van der Waals surface area contributed by atoms with Crippen LogP contribution in [0.1, 0.15) is 64.9 Å². The van der Waals surface area contributed by atoms with Gasteiger partial charge in [0.1, 0.15) is 0 Å². The molecule has 29 heavy (non-hydrogen) atoms. The number of rotatable bonds is 10. The number of amides is 1. The third-order valence-corrected chi connectivity index (χ3v) is 5.46. The first kappa shape index (κ1) is 23.2. The number of hydrogen-bond acceptors (Lipinski definition) is 2. The Balaban J connectivity index is 2.16. The number of aryl methyl sites for hydroxylation is 4. The molecule has 0 bridgehead atoms. The fraction of sp³-hybridized carbons (Fsp3) is 0.500. The topological polar surface area (TPSA) is 23.6 Å². The summed E-state index contributed by atoms with van der Waals surface area (Å²) in [6.07, 6.45) is 2.14. The summed E-state index contributed by atoms with van der Waals surface area (Å²) in [6.45, 7) is 17.5. The molecule has 2 aromatic carbocycles. The molecule has 0 aliphatic heterocycles. The van der Waals surface area contributed by atoms with Crippen LogP contribution in [0.3, 0.4) is 0 Å². The molecule has 0 aromatic heterocycles. The average Bonchev–Trinajstić information content (AvgIpc) is 2.65. The summed E-state index contributed by atoms with van der Waals surface area (Å²) in [5.41, 5.74) is 6.79. The number of nitrogens with zero attached hydrogens (tertiary/aromatic N) is 2. The van der Waals surface area contributed by atoms with Crippen molar-refractivity contribution in [3.05, 3.63) is 69.8 Å². The molecule has 3 nitrogen and oxygen atoms in total. The van der Waals surface area contributed by atoms with Gasteiger partial charge in [0.05, 0.1) is 0 Å². The Kier molecular flexibility index (Phi) is 8.91. The molecule has 0 heterocycles. The van der Waals surface area contributed by atoms with Gasteiger partial charge in [0, 0.05) is 18.7 Å². The summed E-state index contributed by atoms with van der Waals surface area (Å²) < 4.78 is 0. The van der Waals surface area contributed by atoms with Crippen molar-refractivity contribution in [1.82, 2.24) is 9.80 Å². The van der Waals surface area contributed by atoms with Gasteiger partial charge in [-0.05, 0) is 77.9 Å². The standard InChI is InChI=1S/C26H38N2O/c1-7-27(8-2)11-9-10-12-28(19-24-15-20(3)13-21(4)16-24)26(29)25-17-22(5)14-23(6)18-25/h13-18H,7-12,19H2,1-6H3. The molecule has 0 saturated heterocycles. The summed E-state index contributed by atoms with van der Waals surface area (Å²) in [5, 5.41) is 0. The minimum absolute atomic E-state index is 0.138. The fourth-order valence-electron chi connectivity index (χ4n) is 4.09. The first-order valence-corrected chi connectivity index (χ1v) is 11.0. The van der Waals surface area contributed by atoms with Crippen molar-refractivity contribution < 1.29 is 4.79 Å². The molecule has 0 unspecified atom stereocenters. The molecule has 0 atom stereocenters. The largest absolute Gasteiger partial charge is 0.334 e. The summed E-state index contributed by atoms with van der Waals surface area (Å²) in [5.74, 6) is 0.138. The average molecular weight is 395 g/mol. The lowest BCUT2D eigenvalue weighted by Gasteiger charge is -2.25. The van der Waals surface area contributed by atoms with Crippen LogP contribution in [0.4, 0.5) is 0 Å². The van der Waals surface area contributed by atoms with E-state index in [0.717, 1.165) is 55.7 Å². The third kappa shape index (κ3) is 7.32. The fourth-order valence-corrected chi connectivity index (χ4v) is 4.09. The van der Waals surface area contributed by atoms with Gasteiger partial charge in [-0.15, -0.1) is 0 Å². The Bertz CT molecular complexity index is 768. The monoisotopic (exact) mass is 394 g/mol. The molecule has 0 N–H and O–H groups in total. The first-order chi connectivity index (χ1) is 13.8. The Morgan fingerprint density at radius 1 is 0.724 bits per heavy atom. The molecule has 0 radical (unpaired) electrons. The van der Waals surface area contributed by atoms with Crippen molar-refractivity contribution in [2.45, 2.75) is 60.9 Å². The molecular formula is C26H38N2O. The van der Waals surface area contributed by atoms with Gasteiger partial charge < -0.3 is 9.80 Å². The highest BCUT2D eigenvalue weighted by Gasteiger charge is 2.17. The zero-order valence-electron chi connectivity index (χ0n) is 19.2. The Morgan fingerprint density at radius 2 is 1.21 bits per heavy atom. The van der Waals surface area contributed by atoms with Gasteiger partial charge in [-0.1, -0.05) is 60.4 Å². The van der Waals surface area contributed by atoms with Crippen molar-refractivity contribution >= 4 is 5.91 Å². The van der Waals surface area contributed by atoms with Crippen molar-refractivity contribution in [1.29, 1.82) is 0 Å². The number of carbonyl (C=O) groups excluding carboxylic acids is 1. The van der Waals surface area contributed by atoms with Gasteiger partial charge in [-0.3, -0.25) is 4.79 Å². The van der Waals surface area contributed by atoms with E-state index in [1.807, 2.05) is 17.0 Å². The lowest BCUT2D eigenvalue weighted by Crippen LogP contribution is -2.32. The van der Waals surface area contributed by atoms with E-state index in [1.165, 1.54) is 16.7 Å². The van der Waals surface area contributed by atoms with Crippen LogP contribution in [0.25, 0.3) is 0 Å². The van der Waals surface area contributed by atoms with E-state index in [0.29, 0.717) is 6.54 Å². The third-order valence-electron chi connectivity index (χ3n) is 5.46. The molecule has 0 spiro atoms. The molecule has 0 aliphatic rings. The van der Waals surface area contributed by atoms with Crippen LogP contribution in [0.2, 0.25) is 0 Å². The van der Waals surface area contributed by atoms with Crippen LogP contribution >= 0.6 is 0 Å². The van der Waals surface area contributed by atoms with Crippen LogP contribution in [-0.4, -0.2) is 41.9 Å². The summed E-state index contributed by atoms with van der Waals surface area (Å²) >= 11 is 0. The van der Waals surface area contributed by atoms with Gasteiger partial charge in [-0.2, -0.15) is 0 Å². The minimum atomic E-state index is 0.138. The minimum Gasteiger partial charge on any atom is -0.334 e. The van der Waals surface area contributed by atoms with E-state index < -0.39 is 0 Å². The number of benzene rings is 2. The maximum Gasteiger partial charge on any atom is 0.254 e. The summed E-state index contributed by atoms with van der Waals surface area (Å²) in [7, 11) is 0. The molecular weight excluding hydrogens is 356 g/mol. The second-order valence-corrected chi connectivity index (χ2v) is 8.33. The smallest absolute Gasteiger partial charge is 0.254 e. The van der Waals surface area contributed by atoms with E-state index in [1.54, 1.807) is 0 Å². The number of hydrogen-bond donors (Lipinski definition) is 0. The Labute approximate surface area is 177 Å². The van der Waals surface area contributed by atoms with Gasteiger partial charge in [-0.25, -0.2) is 0 Å². The van der Waals surface area contributed by atoms with Crippen molar-refractivity contribution in [2.75, 3.05) is 26.2 Å². The molecule has 158 valence electrons. The lowest BCUT2D eigenvalue weighted by molar-refractivity contribution is 0.0738. The van der Waals surface area contributed by atoms with Crippen molar-refractivity contribution in [3.8, 4) is 0 Å². The summed E-state index contributed by atoms with van der Waals surface area (Å²) in [4.78, 5) is 17.9. The van der Waals surface area contributed by atoms with Gasteiger partial charge in [0.15, 0.2) is 0 Å². The molecule has 1 amide bonds. The molecule has 0 aliphatic carbocycles. The molecule has 0 fully saturated rings. The maximum absolute atomic E-state index is 13.4. The van der Waals surface area contributed by atoms with Crippen LogP contribution in [0.15, 0.2) is 36.4 Å². The van der Waals surface area contributed by atoms with E-state index in [2.05, 4.69) is 70.7 Å². The number of unbranched alkanes of at least 4 members (excludes halogenated alkanes) is 1. The predicted molar refractivity (Wildman–Crippen MR) is 124 cm³/mol. The SMILES string of the molecule is CCN(CC)CCCCN(Cc1cc(C)cc(C)c1)C(=O)c1cc(C)cc(C)c1. The molecule has 2 rings (SSSR count). The van der Waals surface area contributed by atoms with E-state index in [9.17, 15) is 4.79 Å². The van der Waals surface area contributed by atoms with Crippen molar-refractivity contribution in [3.63, 3.8) is 0 Å². The molecule has 2 aromatic rings. The molecule has 0 saturated carbocycles. The second kappa shape index (κ2) is 11.2. The highest BCUT2D eigenvalue weighted by molar-refractivity contribution is 5.94. The van der Waals surface area contributed by atoms with Gasteiger partial charge >= 0.3 is 0 Å². The Hall–Kier alpha value is -2.13. The first-order valence-electron chi connectivity index (χ1n) is 11.0. The normalized spacial score (nSPS) is 11.1. The van der Waals surface area contributed by atoms with Crippen molar-refractivity contribution in [2.24, 2.45) is 0 Å². The van der Waals surface area contributed by atoms with Crippen LogP contribution in [-0.2, 0) is 6.54 Å². The van der Waals surface area contributed by atoms with Crippen LogP contribution < -0.4 is 0 Å². The highest BCUT2D eigenvalue weighted by atomic mass is 16.2. The quantitative estimate of drug-likeness (QED) is 0.484. The maximum atomic E-state index is 13.4. The number of carbonyl (C=O) groups is 1. The van der Waals surface area contributed by atoms with Gasteiger partial charge in [0.2, 0.25) is 0 Å².